The molecular formula is C16H32O4Sn. The van der Waals surface area contributed by atoms with Crippen LogP contribution >= 0.6 is 0 Å². The molecule has 0 aliphatic carbocycles. The molecule has 0 amide bonds. The number of hydrogen-bond donors (Lipinski definition) is 0. The van der Waals surface area contributed by atoms with Crippen molar-refractivity contribution in [1.29, 1.82) is 0 Å². The first kappa shape index (κ1) is 20.7. The Hall–Kier alpha value is -0.261. The van der Waals surface area contributed by atoms with Crippen LogP contribution in [0.2, 0.25) is 8.87 Å². The van der Waals surface area contributed by atoms with Gasteiger partial charge in [-0.3, -0.25) is 0 Å². The minimum absolute atomic E-state index is 0.179. The average molecular weight is 407 g/mol. The molecule has 0 aromatic heterocycles. The van der Waals surface area contributed by atoms with Gasteiger partial charge in [-0.2, -0.15) is 0 Å². The topological polar surface area (TPSA) is 52.6 Å². The van der Waals surface area contributed by atoms with Gasteiger partial charge in [0, 0.05) is 0 Å². The monoisotopic (exact) mass is 408 g/mol. The number of hydrogen-bond acceptors (Lipinski definition) is 4. The van der Waals surface area contributed by atoms with Crippen LogP contribution in [-0.2, 0) is 15.7 Å². The van der Waals surface area contributed by atoms with Gasteiger partial charge in [-0.1, -0.05) is 0 Å². The summed E-state index contributed by atoms with van der Waals surface area (Å²) in [5.74, 6) is -0.784. The SMILES string of the molecule is CCC[CH2][Sn]([CH2]CCC)([O]C(=O)C(C)C)[O]C(=O)C(C)C. The molecule has 0 spiro atoms. The summed E-state index contributed by atoms with van der Waals surface area (Å²) in [6.07, 6.45) is 3.94. The molecule has 0 bridgehead atoms. The van der Waals surface area contributed by atoms with E-state index in [0.29, 0.717) is 0 Å². The molecule has 0 fully saturated rings. The molecule has 5 heteroatoms. The third kappa shape index (κ3) is 8.07. The van der Waals surface area contributed by atoms with Crippen LogP contribution < -0.4 is 0 Å². The summed E-state index contributed by atoms with van der Waals surface area (Å²) < 4.78 is 13.3. The quantitative estimate of drug-likeness (QED) is 0.503. The van der Waals surface area contributed by atoms with E-state index in [1.54, 1.807) is 0 Å². The van der Waals surface area contributed by atoms with Gasteiger partial charge in [0.05, 0.1) is 0 Å². The van der Waals surface area contributed by atoms with Gasteiger partial charge < -0.3 is 0 Å². The molecule has 0 N–H and O–H groups in total. The van der Waals surface area contributed by atoms with Crippen molar-refractivity contribution >= 4 is 31.1 Å². The van der Waals surface area contributed by atoms with E-state index in [4.69, 9.17) is 6.15 Å². The van der Waals surface area contributed by atoms with E-state index in [9.17, 15) is 9.59 Å². The molecule has 4 nitrogen and oxygen atoms in total. The third-order valence-electron chi connectivity index (χ3n) is 3.34. The van der Waals surface area contributed by atoms with Gasteiger partial charge in [0.25, 0.3) is 0 Å². The Bertz CT molecular complexity index is 294. The van der Waals surface area contributed by atoms with Gasteiger partial charge in [-0.25, -0.2) is 0 Å². The second kappa shape index (κ2) is 10.5. The minimum atomic E-state index is -3.66. The maximum atomic E-state index is 12.1. The first-order chi connectivity index (χ1) is 9.78. The Morgan fingerprint density at radius 2 is 1.14 bits per heavy atom. The summed E-state index contributed by atoms with van der Waals surface area (Å²) in [5, 5.41) is 0. The van der Waals surface area contributed by atoms with Crippen molar-refractivity contribution in [3.8, 4) is 0 Å². The Morgan fingerprint density at radius 3 is 1.38 bits per heavy atom. The zero-order valence-electron chi connectivity index (χ0n) is 14.5. The van der Waals surface area contributed by atoms with Crippen molar-refractivity contribution in [2.75, 3.05) is 0 Å². The number of unbranched alkanes of at least 4 members (excludes halogenated alkanes) is 2. The number of carbonyl (C=O) groups excluding carboxylic acids is 2. The molecule has 0 aliphatic heterocycles. The Morgan fingerprint density at radius 1 is 0.810 bits per heavy atom. The van der Waals surface area contributed by atoms with E-state index in [1.165, 1.54) is 0 Å². The van der Waals surface area contributed by atoms with Crippen LogP contribution in [0, 0.1) is 11.8 Å². The molecule has 0 aromatic rings. The Labute approximate surface area is 134 Å². The van der Waals surface area contributed by atoms with Crippen LogP contribution in [0.4, 0.5) is 0 Å². The predicted octanol–water partition coefficient (Wildman–Crippen LogP) is 4.43. The molecule has 0 radical (unpaired) electrons. The summed E-state index contributed by atoms with van der Waals surface area (Å²) in [7, 11) is 0. The zero-order chi connectivity index (χ0) is 16.5. The van der Waals surface area contributed by atoms with Crippen LogP contribution in [-0.4, -0.2) is 31.1 Å². The molecular weight excluding hydrogens is 375 g/mol. The molecule has 124 valence electrons. The first-order valence-electron chi connectivity index (χ1n) is 8.23. The van der Waals surface area contributed by atoms with Gasteiger partial charge in [-0.15, -0.1) is 0 Å². The molecule has 0 rings (SSSR count). The fourth-order valence-corrected chi connectivity index (χ4v) is 12.4. The van der Waals surface area contributed by atoms with Crippen molar-refractivity contribution in [2.45, 2.75) is 76.1 Å². The second-order valence-corrected chi connectivity index (χ2v) is 15.5. The van der Waals surface area contributed by atoms with E-state index in [0.717, 1.165) is 34.6 Å². The van der Waals surface area contributed by atoms with Crippen molar-refractivity contribution < 1.29 is 15.7 Å². The van der Waals surface area contributed by atoms with Crippen LogP contribution in [0.3, 0.4) is 0 Å². The fourth-order valence-electron chi connectivity index (χ4n) is 1.84. The molecule has 0 heterocycles. The molecule has 0 saturated carbocycles. The summed E-state index contributed by atoms with van der Waals surface area (Å²) in [6.45, 7) is 11.5. The Balaban J connectivity index is 5.18. The van der Waals surface area contributed by atoms with E-state index >= 15 is 0 Å². The molecule has 0 aliphatic rings. The van der Waals surface area contributed by atoms with Gasteiger partial charge in [0.15, 0.2) is 0 Å². The number of rotatable bonds is 10. The van der Waals surface area contributed by atoms with Crippen LogP contribution in [0.25, 0.3) is 0 Å². The molecule has 0 unspecified atom stereocenters. The van der Waals surface area contributed by atoms with Gasteiger partial charge in [0.1, 0.15) is 0 Å². The van der Waals surface area contributed by atoms with E-state index < -0.39 is 19.2 Å². The van der Waals surface area contributed by atoms with Gasteiger partial charge in [-0.05, 0) is 0 Å². The third-order valence-corrected chi connectivity index (χ3v) is 13.0. The van der Waals surface area contributed by atoms with Crippen molar-refractivity contribution in [3.63, 3.8) is 0 Å². The summed E-state index contributed by atoms with van der Waals surface area (Å²) in [5.41, 5.74) is 0. The van der Waals surface area contributed by atoms with Gasteiger partial charge >= 0.3 is 135 Å². The summed E-state index contributed by atoms with van der Waals surface area (Å²) in [6, 6.07) is 0. The Kier molecular flexibility index (Phi) is 10.3. The molecule has 0 atom stereocenters. The van der Waals surface area contributed by atoms with Crippen molar-refractivity contribution in [2.24, 2.45) is 11.8 Å². The van der Waals surface area contributed by atoms with E-state index in [-0.39, 0.29) is 23.8 Å². The molecule has 0 aromatic carbocycles. The van der Waals surface area contributed by atoms with Crippen molar-refractivity contribution in [1.82, 2.24) is 0 Å². The molecule has 21 heavy (non-hydrogen) atoms. The average Bonchev–Trinajstić information content (AvgIpc) is 2.42. The van der Waals surface area contributed by atoms with E-state index in [1.807, 2.05) is 27.7 Å². The fraction of sp³-hybridized carbons (Fsp3) is 0.875. The maximum absolute atomic E-state index is 12.1. The summed E-state index contributed by atoms with van der Waals surface area (Å²) >= 11 is -3.66. The molecule has 0 saturated heterocycles. The van der Waals surface area contributed by atoms with Crippen molar-refractivity contribution in [3.05, 3.63) is 0 Å². The number of carbonyl (C=O) groups is 2. The predicted molar refractivity (Wildman–Crippen MR) is 87.0 cm³/mol. The summed E-state index contributed by atoms with van der Waals surface area (Å²) in [4.78, 5) is 24.2. The van der Waals surface area contributed by atoms with Crippen LogP contribution in [0.1, 0.15) is 67.2 Å². The van der Waals surface area contributed by atoms with Gasteiger partial charge in [0.2, 0.25) is 0 Å². The van der Waals surface area contributed by atoms with E-state index in [2.05, 4.69) is 13.8 Å². The normalized spacial score (nSPS) is 11.8. The second-order valence-electron chi connectivity index (χ2n) is 6.27. The van der Waals surface area contributed by atoms with Crippen LogP contribution in [0.15, 0.2) is 0 Å². The first-order valence-corrected chi connectivity index (χ1v) is 14.6. The zero-order valence-corrected chi connectivity index (χ0v) is 17.4. The standard InChI is InChI=1S/2C4H8O2.2C4H9.Sn/c2*1-3(2)4(5)6;2*1-3-4-2;/h2*3H,1-2H3,(H,5,6);2*1,3-4H2,2H3;/q;;;;+2/p-2. The van der Waals surface area contributed by atoms with Crippen LogP contribution in [0.5, 0.6) is 0 Å².